The van der Waals surface area contributed by atoms with Crippen LogP contribution in [0.15, 0.2) is 18.2 Å². The Morgan fingerprint density at radius 1 is 1.60 bits per heavy atom. The van der Waals surface area contributed by atoms with Crippen molar-refractivity contribution in [3.8, 4) is 5.75 Å². The number of amides is 1. The molecule has 15 heavy (non-hydrogen) atoms. The zero-order chi connectivity index (χ0) is 10.8. The first-order valence-corrected chi connectivity index (χ1v) is 4.98. The number of anilines is 1. The molecule has 1 amide bonds. The minimum atomic E-state index is -0.0979. The van der Waals surface area contributed by atoms with Crippen molar-refractivity contribution < 1.29 is 9.53 Å². The Kier molecular flexibility index (Phi) is 2.60. The molecule has 1 aliphatic rings. The van der Waals surface area contributed by atoms with Crippen molar-refractivity contribution in [3.63, 3.8) is 0 Å². The van der Waals surface area contributed by atoms with E-state index in [2.05, 4.69) is 5.32 Å². The Hall–Kier alpha value is -1.55. The maximum atomic E-state index is 11.4. The molecule has 2 rings (SSSR count). The van der Waals surface area contributed by atoms with E-state index in [-0.39, 0.29) is 12.0 Å². The van der Waals surface area contributed by atoms with Crippen molar-refractivity contribution in [2.75, 3.05) is 5.32 Å². The van der Waals surface area contributed by atoms with Gasteiger partial charge < -0.3 is 15.8 Å². The Labute approximate surface area is 88.4 Å². The largest absolute Gasteiger partial charge is 0.488 e. The van der Waals surface area contributed by atoms with Crippen molar-refractivity contribution >= 4 is 11.6 Å². The maximum absolute atomic E-state index is 11.4. The number of ether oxygens (including phenoxy) is 1. The topological polar surface area (TPSA) is 64.4 Å². The van der Waals surface area contributed by atoms with Crippen LogP contribution in [0.25, 0.3) is 0 Å². The number of nitrogens with two attached hydrogens (primary N) is 1. The maximum Gasteiger partial charge on any atom is 0.228 e. The van der Waals surface area contributed by atoms with Crippen LogP contribution in [0.5, 0.6) is 5.75 Å². The van der Waals surface area contributed by atoms with E-state index in [1.807, 2.05) is 25.1 Å². The second kappa shape index (κ2) is 3.90. The summed E-state index contributed by atoms with van der Waals surface area (Å²) < 4.78 is 5.63. The number of nitrogens with one attached hydrogen (secondary N) is 1. The molecular weight excluding hydrogens is 192 g/mol. The molecule has 0 spiro atoms. The number of hydrogen-bond acceptors (Lipinski definition) is 3. The highest BCUT2D eigenvalue weighted by Gasteiger charge is 2.18. The predicted octanol–water partition coefficient (Wildman–Crippen LogP) is 1.25. The molecule has 3 N–H and O–H groups in total. The molecule has 0 saturated carbocycles. The van der Waals surface area contributed by atoms with Gasteiger partial charge >= 0.3 is 0 Å². The summed E-state index contributed by atoms with van der Waals surface area (Å²) in [5.74, 6) is 0.693. The van der Waals surface area contributed by atoms with Gasteiger partial charge in [0.1, 0.15) is 11.9 Å². The fraction of sp³-hybridized carbons (Fsp3) is 0.364. The van der Waals surface area contributed by atoms with Crippen LogP contribution in [0, 0.1) is 0 Å². The third-order valence-corrected chi connectivity index (χ3v) is 2.36. The van der Waals surface area contributed by atoms with Gasteiger partial charge in [-0.2, -0.15) is 0 Å². The van der Waals surface area contributed by atoms with Crippen LogP contribution in [0.3, 0.4) is 0 Å². The van der Waals surface area contributed by atoms with E-state index < -0.39 is 0 Å². The molecule has 0 bridgehead atoms. The molecule has 80 valence electrons. The summed E-state index contributed by atoms with van der Waals surface area (Å²) in [4.78, 5) is 11.4. The first-order chi connectivity index (χ1) is 7.19. The van der Waals surface area contributed by atoms with Gasteiger partial charge in [-0.25, -0.2) is 0 Å². The van der Waals surface area contributed by atoms with E-state index in [9.17, 15) is 4.79 Å². The van der Waals surface area contributed by atoms with E-state index >= 15 is 0 Å². The highest BCUT2D eigenvalue weighted by molar-refractivity contribution is 5.93. The fourth-order valence-electron chi connectivity index (χ4n) is 1.62. The van der Waals surface area contributed by atoms with Crippen LogP contribution < -0.4 is 15.8 Å². The zero-order valence-corrected chi connectivity index (χ0v) is 8.62. The van der Waals surface area contributed by atoms with E-state index in [0.29, 0.717) is 18.7 Å². The second-order valence-electron chi connectivity index (χ2n) is 3.72. The molecule has 0 saturated heterocycles. The fourth-order valence-corrected chi connectivity index (χ4v) is 1.62. The van der Waals surface area contributed by atoms with Gasteiger partial charge in [0, 0.05) is 6.54 Å². The van der Waals surface area contributed by atoms with E-state index in [1.54, 1.807) is 0 Å². The van der Waals surface area contributed by atoms with Crippen molar-refractivity contribution in [3.05, 3.63) is 23.8 Å². The van der Waals surface area contributed by atoms with Crippen LogP contribution in [0.1, 0.15) is 18.9 Å². The Bertz CT molecular complexity index is 390. The highest BCUT2D eigenvalue weighted by Crippen LogP contribution is 2.29. The number of fused-ring (bicyclic) bond motifs is 1. The van der Waals surface area contributed by atoms with Crippen molar-refractivity contribution in [2.45, 2.75) is 26.0 Å². The Balaban J connectivity index is 2.37. The minimum absolute atomic E-state index is 0.0123. The van der Waals surface area contributed by atoms with Crippen molar-refractivity contribution in [2.24, 2.45) is 5.73 Å². The number of rotatable bonds is 1. The number of hydrogen-bond donors (Lipinski definition) is 2. The summed E-state index contributed by atoms with van der Waals surface area (Å²) in [5, 5.41) is 2.80. The smallest absolute Gasteiger partial charge is 0.228 e. The van der Waals surface area contributed by atoms with E-state index in [1.165, 1.54) is 0 Å². The number of benzene rings is 1. The molecule has 0 aromatic heterocycles. The van der Waals surface area contributed by atoms with Crippen LogP contribution in [0.2, 0.25) is 0 Å². The molecule has 1 aromatic rings. The van der Waals surface area contributed by atoms with Crippen LogP contribution in [-0.2, 0) is 11.3 Å². The Morgan fingerprint density at radius 2 is 2.40 bits per heavy atom. The first-order valence-electron chi connectivity index (χ1n) is 4.98. The normalized spacial score (nSPS) is 19.9. The zero-order valence-electron chi connectivity index (χ0n) is 8.62. The lowest BCUT2D eigenvalue weighted by molar-refractivity contribution is -0.117. The molecule has 1 aliphatic heterocycles. The van der Waals surface area contributed by atoms with Crippen LogP contribution in [-0.4, -0.2) is 12.0 Å². The van der Waals surface area contributed by atoms with Crippen molar-refractivity contribution in [1.82, 2.24) is 0 Å². The van der Waals surface area contributed by atoms with Crippen LogP contribution >= 0.6 is 0 Å². The summed E-state index contributed by atoms with van der Waals surface area (Å²) in [7, 11) is 0. The van der Waals surface area contributed by atoms with E-state index in [0.717, 1.165) is 11.3 Å². The summed E-state index contributed by atoms with van der Waals surface area (Å²) in [6, 6.07) is 5.59. The molecular formula is C11H14N2O2. The van der Waals surface area contributed by atoms with Crippen molar-refractivity contribution in [1.29, 1.82) is 0 Å². The monoisotopic (exact) mass is 206 g/mol. The predicted molar refractivity (Wildman–Crippen MR) is 57.7 cm³/mol. The van der Waals surface area contributed by atoms with Gasteiger partial charge in [-0.3, -0.25) is 4.79 Å². The van der Waals surface area contributed by atoms with Gasteiger partial charge in [-0.05, 0) is 24.6 Å². The summed E-state index contributed by atoms with van der Waals surface area (Å²) in [6.07, 6.45) is 0.284. The molecule has 0 radical (unpaired) electrons. The molecule has 1 heterocycles. The molecule has 1 aromatic carbocycles. The lowest BCUT2D eigenvalue weighted by Crippen LogP contribution is -2.17. The van der Waals surface area contributed by atoms with E-state index in [4.69, 9.17) is 10.5 Å². The summed E-state index contributed by atoms with van der Waals surface area (Å²) in [6.45, 7) is 2.35. The molecule has 1 unspecified atom stereocenters. The number of carbonyl (C=O) groups excluding carboxylic acids is 1. The highest BCUT2D eigenvalue weighted by atomic mass is 16.5. The first kappa shape index (κ1) is 9.98. The van der Waals surface area contributed by atoms with Gasteiger partial charge in [0.15, 0.2) is 0 Å². The summed E-state index contributed by atoms with van der Waals surface area (Å²) >= 11 is 0. The SMILES string of the molecule is CC1CC(=O)Nc2ccc(CN)cc2O1. The van der Waals surface area contributed by atoms with Gasteiger partial charge in [0.25, 0.3) is 0 Å². The minimum Gasteiger partial charge on any atom is -0.488 e. The third-order valence-electron chi connectivity index (χ3n) is 2.36. The number of carbonyl (C=O) groups is 1. The average Bonchev–Trinajstić information content (AvgIpc) is 2.33. The van der Waals surface area contributed by atoms with Gasteiger partial charge in [-0.15, -0.1) is 0 Å². The average molecular weight is 206 g/mol. The molecule has 0 fully saturated rings. The third kappa shape index (κ3) is 2.10. The lowest BCUT2D eigenvalue weighted by atomic mass is 10.2. The van der Waals surface area contributed by atoms with Gasteiger partial charge in [0.2, 0.25) is 5.91 Å². The molecule has 1 atom stereocenters. The summed E-state index contributed by atoms with van der Waals surface area (Å²) in [5.41, 5.74) is 7.26. The van der Waals surface area contributed by atoms with Gasteiger partial charge in [0.05, 0.1) is 12.1 Å². The van der Waals surface area contributed by atoms with Crippen LogP contribution in [0.4, 0.5) is 5.69 Å². The lowest BCUT2D eigenvalue weighted by Gasteiger charge is -2.11. The Morgan fingerprint density at radius 3 is 3.13 bits per heavy atom. The quantitative estimate of drug-likeness (QED) is 0.727. The standard InChI is InChI=1S/C11H14N2O2/c1-7-4-11(14)13-9-3-2-8(6-12)5-10(9)15-7/h2-3,5,7H,4,6,12H2,1H3,(H,13,14). The molecule has 4 heteroatoms. The molecule has 4 nitrogen and oxygen atoms in total. The molecule has 0 aliphatic carbocycles. The van der Waals surface area contributed by atoms with Gasteiger partial charge in [-0.1, -0.05) is 6.07 Å². The second-order valence-corrected chi connectivity index (χ2v) is 3.72.